The Labute approximate surface area is 161 Å². The summed E-state index contributed by atoms with van der Waals surface area (Å²) in [6.45, 7) is 5.44. The topological polar surface area (TPSA) is 74.5 Å². The first-order valence-corrected chi connectivity index (χ1v) is 9.21. The molecule has 0 bridgehead atoms. The number of pyridine rings is 1. The third-order valence-corrected chi connectivity index (χ3v) is 4.89. The highest BCUT2D eigenvalue weighted by Crippen LogP contribution is 2.28. The molecule has 0 spiro atoms. The van der Waals surface area contributed by atoms with Gasteiger partial charge in [-0.3, -0.25) is 14.7 Å². The summed E-state index contributed by atoms with van der Waals surface area (Å²) in [6.07, 6.45) is 1.81. The van der Waals surface area contributed by atoms with E-state index >= 15 is 0 Å². The number of fused-ring (bicyclic) bond motifs is 1. The lowest BCUT2D eigenvalue weighted by Gasteiger charge is -2.36. The Balaban J connectivity index is 1.37. The van der Waals surface area contributed by atoms with Crippen LogP contribution in [-0.4, -0.2) is 53.7 Å². The van der Waals surface area contributed by atoms with Crippen molar-refractivity contribution < 1.29 is 9.32 Å². The van der Waals surface area contributed by atoms with Crippen molar-refractivity contribution in [2.75, 3.05) is 42.9 Å². The number of nitrogens with zero attached hydrogens (tertiary/aromatic N) is 4. The number of amides is 1. The van der Waals surface area contributed by atoms with Gasteiger partial charge in [-0.05, 0) is 31.2 Å². The van der Waals surface area contributed by atoms with Crippen molar-refractivity contribution in [2.24, 2.45) is 0 Å². The van der Waals surface area contributed by atoms with Gasteiger partial charge in [-0.15, -0.1) is 0 Å². The summed E-state index contributed by atoms with van der Waals surface area (Å²) in [7, 11) is 0. The maximum Gasteiger partial charge on any atom is 0.239 e. The van der Waals surface area contributed by atoms with Gasteiger partial charge in [0.2, 0.25) is 5.91 Å². The number of carbonyl (C=O) groups excluding carboxylic acids is 1. The molecular weight excluding hydrogens is 366 g/mol. The molecule has 1 saturated heterocycles. The van der Waals surface area contributed by atoms with Gasteiger partial charge in [-0.2, -0.15) is 0 Å². The molecule has 1 aliphatic heterocycles. The predicted molar refractivity (Wildman–Crippen MR) is 105 cm³/mol. The summed E-state index contributed by atoms with van der Waals surface area (Å²) in [5.41, 5.74) is 2.04. The Bertz CT molecular complexity index is 966. The van der Waals surface area contributed by atoms with Gasteiger partial charge in [0.1, 0.15) is 5.76 Å². The van der Waals surface area contributed by atoms with Gasteiger partial charge in [0.05, 0.1) is 12.1 Å². The molecule has 1 fully saturated rings. The molecule has 1 aliphatic rings. The fourth-order valence-electron chi connectivity index (χ4n) is 3.34. The number of aryl methyl sites for hydroxylation is 1. The molecule has 1 amide bonds. The largest absolute Gasteiger partial charge is 0.368 e. The van der Waals surface area contributed by atoms with Gasteiger partial charge in [0.25, 0.3) is 0 Å². The number of rotatable bonds is 4. The van der Waals surface area contributed by atoms with Crippen molar-refractivity contribution >= 4 is 39.9 Å². The summed E-state index contributed by atoms with van der Waals surface area (Å²) in [5.74, 6) is 1.04. The molecule has 3 heterocycles. The zero-order valence-electron chi connectivity index (χ0n) is 15.0. The van der Waals surface area contributed by atoms with Crippen LogP contribution in [-0.2, 0) is 4.79 Å². The van der Waals surface area contributed by atoms with Gasteiger partial charge in [-0.25, -0.2) is 0 Å². The van der Waals surface area contributed by atoms with E-state index in [1.165, 1.54) is 0 Å². The minimum Gasteiger partial charge on any atom is -0.368 e. The summed E-state index contributed by atoms with van der Waals surface area (Å²) in [6, 6.07) is 9.52. The Morgan fingerprint density at radius 2 is 2.04 bits per heavy atom. The first-order chi connectivity index (χ1) is 13.1. The zero-order chi connectivity index (χ0) is 18.8. The molecule has 0 saturated carbocycles. The number of benzene rings is 1. The van der Waals surface area contributed by atoms with Gasteiger partial charge in [0.15, 0.2) is 5.82 Å². The molecule has 140 valence electrons. The minimum atomic E-state index is -0.0826. The highest BCUT2D eigenvalue weighted by molar-refractivity contribution is 6.31. The summed E-state index contributed by atoms with van der Waals surface area (Å²) in [4.78, 5) is 21.0. The fourth-order valence-corrected chi connectivity index (χ4v) is 3.51. The molecule has 1 N–H and O–H groups in total. The van der Waals surface area contributed by atoms with E-state index in [9.17, 15) is 4.79 Å². The van der Waals surface area contributed by atoms with Gasteiger partial charge >= 0.3 is 0 Å². The molecular formula is C19H20ClN5O2. The van der Waals surface area contributed by atoms with Crippen LogP contribution in [0.5, 0.6) is 0 Å². The molecule has 1 aromatic carbocycles. The quantitative estimate of drug-likeness (QED) is 0.744. The van der Waals surface area contributed by atoms with Crippen molar-refractivity contribution in [3.05, 3.63) is 47.3 Å². The maximum absolute atomic E-state index is 12.2. The fraction of sp³-hybridized carbons (Fsp3) is 0.316. The van der Waals surface area contributed by atoms with E-state index in [0.717, 1.165) is 42.8 Å². The van der Waals surface area contributed by atoms with E-state index in [0.29, 0.717) is 23.1 Å². The lowest BCUT2D eigenvalue weighted by Crippen LogP contribution is -2.48. The molecule has 0 atom stereocenters. The molecule has 0 radical (unpaired) electrons. The first kappa shape index (κ1) is 17.8. The predicted octanol–water partition coefficient (Wildman–Crippen LogP) is 2.95. The average Bonchev–Trinajstić information content (AvgIpc) is 3.06. The molecule has 3 aromatic rings. The minimum absolute atomic E-state index is 0.0826. The summed E-state index contributed by atoms with van der Waals surface area (Å²) in [5, 5.41) is 8.33. The Kier molecular flexibility index (Phi) is 4.96. The Morgan fingerprint density at radius 1 is 1.22 bits per heavy atom. The second-order valence-electron chi connectivity index (χ2n) is 6.63. The Hall–Kier alpha value is -2.64. The number of hydrogen-bond donors (Lipinski definition) is 1. The second kappa shape index (κ2) is 7.54. The van der Waals surface area contributed by atoms with E-state index in [2.05, 4.69) is 25.3 Å². The van der Waals surface area contributed by atoms with Crippen LogP contribution in [0.25, 0.3) is 10.9 Å². The normalized spacial score (nSPS) is 15.3. The number of halogens is 1. The van der Waals surface area contributed by atoms with Crippen LogP contribution < -0.4 is 10.2 Å². The standard InChI is InChI=1S/C19H20ClN5O2/c1-13-10-18(23-27-13)22-19(26)12-24-6-8-25(9-7-24)17-4-5-21-16-11-14(20)2-3-15(16)17/h2-5,10-11H,6-9,12H2,1H3,(H,22,23,26). The van der Waals surface area contributed by atoms with Crippen LogP contribution in [0.1, 0.15) is 5.76 Å². The van der Waals surface area contributed by atoms with Crippen LogP contribution in [0, 0.1) is 6.92 Å². The van der Waals surface area contributed by atoms with Gasteiger partial charge in [0, 0.05) is 54.5 Å². The summed E-state index contributed by atoms with van der Waals surface area (Å²) >= 11 is 6.08. The van der Waals surface area contributed by atoms with Crippen LogP contribution >= 0.6 is 11.6 Å². The van der Waals surface area contributed by atoms with E-state index in [4.69, 9.17) is 16.1 Å². The van der Waals surface area contributed by atoms with Gasteiger partial charge < -0.3 is 14.7 Å². The van der Waals surface area contributed by atoms with Crippen LogP contribution in [0.2, 0.25) is 5.02 Å². The molecule has 0 unspecified atom stereocenters. The maximum atomic E-state index is 12.2. The lowest BCUT2D eigenvalue weighted by molar-refractivity contribution is -0.117. The van der Waals surface area contributed by atoms with E-state index in [-0.39, 0.29) is 5.91 Å². The lowest BCUT2D eigenvalue weighted by atomic mass is 10.1. The third kappa shape index (κ3) is 4.04. The molecule has 8 heteroatoms. The number of nitrogens with one attached hydrogen (secondary N) is 1. The molecule has 27 heavy (non-hydrogen) atoms. The smallest absolute Gasteiger partial charge is 0.239 e. The van der Waals surface area contributed by atoms with Crippen molar-refractivity contribution in [3.8, 4) is 0 Å². The van der Waals surface area contributed by atoms with E-state index in [1.54, 1.807) is 13.0 Å². The van der Waals surface area contributed by atoms with Crippen LogP contribution in [0.3, 0.4) is 0 Å². The number of hydrogen-bond acceptors (Lipinski definition) is 6. The summed E-state index contributed by atoms with van der Waals surface area (Å²) < 4.78 is 4.96. The van der Waals surface area contributed by atoms with Crippen molar-refractivity contribution in [3.63, 3.8) is 0 Å². The average molecular weight is 386 g/mol. The van der Waals surface area contributed by atoms with Crippen molar-refractivity contribution in [1.29, 1.82) is 0 Å². The third-order valence-electron chi connectivity index (χ3n) is 4.66. The highest BCUT2D eigenvalue weighted by Gasteiger charge is 2.21. The highest BCUT2D eigenvalue weighted by atomic mass is 35.5. The molecule has 7 nitrogen and oxygen atoms in total. The van der Waals surface area contributed by atoms with Crippen LogP contribution in [0.15, 0.2) is 41.1 Å². The monoisotopic (exact) mass is 385 g/mol. The SMILES string of the molecule is Cc1cc(NC(=O)CN2CCN(c3ccnc4cc(Cl)ccc34)CC2)no1. The molecule has 0 aliphatic carbocycles. The first-order valence-electron chi connectivity index (χ1n) is 8.83. The van der Waals surface area contributed by atoms with E-state index in [1.807, 2.05) is 30.5 Å². The van der Waals surface area contributed by atoms with Crippen LogP contribution in [0.4, 0.5) is 11.5 Å². The molecule has 4 rings (SSSR count). The van der Waals surface area contributed by atoms with E-state index < -0.39 is 0 Å². The van der Waals surface area contributed by atoms with Crippen molar-refractivity contribution in [1.82, 2.24) is 15.0 Å². The van der Waals surface area contributed by atoms with Crippen molar-refractivity contribution in [2.45, 2.75) is 6.92 Å². The molecule has 2 aromatic heterocycles. The Morgan fingerprint density at radius 3 is 2.78 bits per heavy atom. The number of piperazine rings is 1. The van der Waals surface area contributed by atoms with Gasteiger partial charge in [-0.1, -0.05) is 16.8 Å². The number of anilines is 2. The number of aromatic nitrogens is 2. The number of carbonyl (C=O) groups is 1. The zero-order valence-corrected chi connectivity index (χ0v) is 15.7. The second-order valence-corrected chi connectivity index (χ2v) is 7.06.